The van der Waals surface area contributed by atoms with Crippen molar-refractivity contribution in [2.75, 3.05) is 34.7 Å². The number of ether oxygens (including phenoxy) is 1. The lowest BCUT2D eigenvalue weighted by atomic mass is 9.93. The number of cyclic esters (lactones) is 1. The molecule has 4 N–H and O–H groups in total. The molecule has 79 heavy (non-hydrogen) atoms. The molecule has 19 nitrogen and oxygen atoms in total. The molecule has 2 heterocycles. The fraction of sp³-hybridized carbons (Fsp3) is 0.650. The van der Waals surface area contributed by atoms with Gasteiger partial charge in [0, 0.05) is 53.5 Å². The summed E-state index contributed by atoms with van der Waals surface area (Å²) < 4.78 is 6.09. The summed E-state index contributed by atoms with van der Waals surface area (Å²) >= 11 is 0. The van der Waals surface area contributed by atoms with Crippen molar-refractivity contribution in [1.29, 1.82) is 0 Å². The van der Waals surface area contributed by atoms with Crippen molar-refractivity contribution in [3.8, 4) is 0 Å². The van der Waals surface area contributed by atoms with E-state index < -0.39 is 137 Å². The highest BCUT2D eigenvalue weighted by molar-refractivity contribution is 5.99. The van der Waals surface area contributed by atoms with Gasteiger partial charge in [-0.3, -0.25) is 38.4 Å². The highest BCUT2D eigenvalue weighted by Crippen LogP contribution is 2.27. The van der Waals surface area contributed by atoms with Crippen molar-refractivity contribution >= 4 is 53.2 Å². The van der Waals surface area contributed by atoms with Gasteiger partial charge in [-0.05, 0) is 74.3 Å². The smallest absolute Gasteiger partial charge is 0.332 e. The first kappa shape index (κ1) is 65.2. The van der Waals surface area contributed by atoms with Gasteiger partial charge in [0.25, 0.3) is 5.91 Å². The monoisotopic (exact) mass is 1100 g/mol. The van der Waals surface area contributed by atoms with Gasteiger partial charge in [-0.25, -0.2) is 4.79 Å². The maximum absolute atomic E-state index is 15.3. The minimum atomic E-state index is -1.97. The first-order valence-electron chi connectivity index (χ1n) is 28.3. The summed E-state index contributed by atoms with van der Waals surface area (Å²) in [4.78, 5) is 140. The molecule has 2 aromatic rings. The van der Waals surface area contributed by atoms with Crippen LogP contribution in [0.4, 0.5) is 0 Å². The predicted octanol–water partition coefficient (Wildman–Crippen LogP) is 4.37. The van der Waals surface area contributed by atoms with Crippen LogP contribution in [-0.4, -0.2) is 178 Å². The molecule has 2 aliphatic rings. The molecule has 4 rings (SSSR count). The van der Waals surface area contributed by atoms with Gasteiger partial charge in [-0.2, -0.15) is 0 Å². The summed E-state index contributed by atoms with van der Waals surface area (Å²) in [6.45, 7) is 20.6. The van der Waals surface area contributed by atoms with Crippen LogP contribution in [-0.2, 0) is 60.7 Å². The van der Waals surface area contributed by atoms with Crippen molar-refractivity contribution in [1.82, 2.24) is 40.4 Å². The maximum Gasteiger partial charge on any atom is 0.332 e. The Bertz CT molecular complexity index is 2430. The molecular formula is C60H92N8O11. The van der Waals surface area contributed by atoms with E-state index in [4.69, 9.17) is 4.74 Å². The topological polar surface area (TPSA) is 235 Å². The van der Waals surface area contributed by atoms with Crippen LogP contribution in [0.25, 0.3) is 0 Å². The number of carbonyl (C=O) groups excluding carboxylic acids is 9. The normalized spacial score (nSPS) is 26.5. The molecule has 19 heteroatoms. The average Bonchev–Trinajstić information content (AvgIpc) is 3.89. The molecule has 438 valence electrons. The Balaban J connectivity index is 1.98. The van der Waals surface area contributed by atoms with E-state index in [-0.39, 0.29) is 38.1 Å². The van der Waals surface area contributed by atoms with E-state index in [0.29, 0.717) is 24.8 Å². The molecular weight excluding hydrogens is 1010 g/mol. The molecule has 2 fully saturated rings. The third kappa shape index (κ3) is 16.4. The third-order valence-electron chi connectivity index (χ3n) is 15.8. The highest BCUT2D eigenvalue weighted by Gasteiger charge is 2.48. The van der Waals surface area contributed by atoms with Crippen LogP contribution in [0.5, 0.6) is 0 Å². The minimum absolute atomic E-state index is 0.00676. The molecule has 0 radical (unpaired) electrons. The summed E-state index contributed by atoms with van der Waals surface area (Å²) in [5.74, 6) is -8.65. The number of amides is 8. The molecule has 11 atom stereocenters. The number of rotatable bonds is 13. The second-order valence-corrected chi connectivity index (χ2v) is 23.7. The van der Waals surface area contributed by atoms with Gasteiger partial charge in [0.15, 0.2) is 12.1 Å². The summed E-state index contributed by atoms with van der Waals surface area (Å²) in [5, 5.41) is 20.5. The number of nitrogens with zero attached hydrogens (tertiary/aromatic N) is 5. The van der Waals surface area contributed by atoms with Gasteiger partial charge in [0.05, 0.1) is 5.60 Å². The number of hydrogen-bond donors (Lipinski definition) is 4. The van der Waals surface area contributed by atoms with E-state index in [1.54, 1.807) is 72.7 Å². The van der Waals surface area contributed by atoms with Crippen LogP contribution in [0, 0.1) is 29.6 Å². The Labute approximate surface area is 469 Å². The molecule has 2 aromatic carbocycles. The van der Waals surface area contributed by atoms with E-state index >= 15 is 9.59 Å². The second kappa shape index (κ2) is 28.7. The molecule has 0 spiro atoms. The van der Waals surface area contributed by atoms with Crippen LogP contribution < -0.4 is 16.0 Å². The zero-order valence-corrected chi connectivity index (χ0v) is 49.8. The van der Waals surface area contributed by atoms with Crippen molar-refractivity contribution in [2.24, 2.45) is 29.6 Å². The van der Waals surface area contributed by atoms with Crippen LogP contribution in [0.15, 0.2) is 60.7 Å². The third-order valence-corrected chi connectivity index (χ3v) is 15.8. The fourth-order valence-corrected chi connectivity index (χ4v) is 11.0. The zero-order chi connectivity index (χ0) is 59.4. The van der Waals surface area contributed by atoms with Crippen molar-refractivity contribution in [2.45, 2.75) is 188 Å². The van der Waals surface area contributed by atoms with Crippen molar-refractivity contribution in [3.05, 3.63) is 71.8 Å². The molecule has 0 unspecified atom stereocenters. The van der Waals surface area contributed by atoms with Crippen molar-refractivity contribution < 1.29 is 53.0 Å². The summed E-state index contributed by atoms with van der Waals surface area (Å²) in [6.07, 6.45) is 0.101. The number of benzene rings is 2. The maximum atomic E-state index is 15.3. The van der Waals surface area contributed by atoms with E-state index in [2.05, 4.69) is 16.0 Å². The molecule has 0 aliphatic carbocycles. The number of hydrogen-bond acceptors (Lipinski definition) is 11. The van der Waals surface area contributed by atoms with E-state index in [1.165, 1.54) is 61.6 Å². The van der Waals surface area contributed by atoms with Gasteiger partial charge in [-0.15, -0.1) is 0 Å². The first-order valence-corrected chi connectivity index (χ1v) is 28.3. The van der Waals surface area contributed by atoms with Gasteiger partial charge in [0.2, 0.25) is 41.4 Å². The lowest BCUT2D eigenvalue weighted by Gasteiger charge is -2.39. The van der Waals surface area contributed by atoms with Gasteiger partial charge < -0.3 is 50.3 Å². The molecule has 0 saturated carbocycles. The van der Waals surface area contributed by atoms with E-state index in [0.717, 1.165) is 10.5 Å². The average molecular weight is 1100 g/mol. The number of fused-ring (bicyclic) bond motifs is 1. The Hall–Kier alpha value is -6.37. The van der Waals surface area contributed by atoms with Crippen LogP contribution in [0.1, 0.15) is 126 Å². The Morgan fingerprint density at radius 3 is 1.54 bits per heavy atom. The lowest BCUT2D eigenvalue weighted by Crippen LogP contribution is -2.63. The predicted molar refractivity (Wildman–Crippen MR) is 301 cm³/mol. The SMILES string of the molecule is CC[C@H](C)[C@@H]1NC(=O)[C@@H]2CCCN2C(=O)[C@@H](Cc2ccccc2)N(C)C(=O)[C@H](Cc2ccccc2)NC(=O)[C@H](C(C)C)N(C)C(=O)[C@@H]([C@@H](C)CC)OC(=O)[C@H](C(C)(C)O)N(C)C(=O)[C@H](CC(C)C)NC(=O)[C@H](C(C)C)N(C)C1=O. The Kier molecular flexibility index (Phi) is 23.6. The summed E-state index contributed by atoms with van der Waals surface area (Å²) in [7, 11) is 5.67. The molecule has 0 bridgehead atoms. The fourth-order valence-electron chi connectivity index (χ4n) is 11.0. The number of esters is 1. The number of carbonyl (C=O) groups is 9. The van der Waals surface area contributed by atoms with Crippen LogP contribution in [0.2, 0.25) is 0 Å². The zero-order valence-electron chi connectivity index (χ0n) is 49.8. The molecule has 2 aliphatic heterocycles. The van der Waals surface area contributed by atoms with E-state index in [9.17, 15) is 38.7 Å². The standard InChI is InChI=1S/C60H92N8O11/c1-17-38(9)46-57(75)65(14)47(36(5)6)52(70)61-42(32-35(3)4)55(73)67(16)50(60(11,12)78)59(77)79-49(39(10)18-2)58(76)66(15)48(37(7)8)53(71)62-43(33-40-26-21-19-22-27-40)54(72)64(13)45(34-41-28-23-20-24-29-41)56(74)68-31-25-30-44(68)51(69)63-46/h19-24,26-29,35-39,42-50,78H,17-18,25,30-34H2,1-16H3,(H,61,70)(H,62,71)(H,63,69)/t38-,39-,42-,43-,44-,45+,46-,47-,48-,49+,50+/m0/s1. The van der Waals surface area contributed by atoms with Crippen LogP contribution >= 0.6 is 0 Å². The largest absolute Gasteiger partial charge is 0.450 e. The Morgan fingerprint density at radius 1 is 0.582 bits per heavy atom. The summed E-state index contributed by atoms with van der Waals surface area (Å²) in [6, 6.07) is 8.11. The van der Waals surface area contributed by atoms with Gasteiger partial charge in [-0.1, -0.05) is 136 Å². The number of nitrogens with one attached hydrogen (secondary N) is 3. The van der Waals surface area contributed by atoms with Crippen molar-refractivity contribution in [3.63, 3.8) is 0 Å². The second-order valence-electron chi connectivity index (χ2n) is 23.7. The lowest BCUT2D eigenvalue weighted by molar-refractivity contribution is -0.177. The highest BCUT2D eigenvalue weighted by atomic mass is 16.6. The quantitative estimate of drug-likeness (QED) is 0.206. The number of aliphatic hydroxyl groups is 1. The molecule has 2 saturated heterocycles. The van der Waals surface area contributed by atoms with Crippen LogP contribution in [0.3, 0.4) is 0 Å². The molecule has 8 amide bonds. The van der Waals surface area contributed by atoms with Gasteiger partial charge in [0.1, 0.15) is 42.3 Å². The van der Waals surface area contributed by atoms with Gasteiger partial charge >= 0.3 is 5.97 Å². The summed E-state index contributed by atoms with van der Waals surface area (Å²) in [5.41, 5.74) is -0.551. The number of likely N-dealkylation sites (N-methyl/N-ethyl adjacent to an activating group) is 4. The Morgan fingerprint density at radius 2 is 1.06 bits per heavy atom. The van der Waals surface area contributed by atoms with E-state index in [1.807, 2.05) is 57.2 Å². The molecule has 0 aromatic heterocycles. The first-order chi connectivity index (χ1) is 37.0. The minimum Gasteiger partial charge on any atom is -0.450 e.